The van der Waals surface area contributed by atoms with Crippen LogP contribution in [0.15, 0.2) is 23.3 Å². The van der Waals surface area contributed by atoms with E-state index in [0.29, 0.717) is 23.7 Å². The molecule has 0 radical (unpaired) electrons. The third-order valence-electron chi connectivity index (χ3n) is 4.66. The second-order valence-electron chi connectivity index (χ2n) is 6.49. The van der Waals surface area contributed by atoms with Gasteiger partial charge in [-0.25, -0.2) is 13.9 Å². The quantitative estimate of drug-likeness (QED) is 0.819. The Morgan fingerprint density at radius 3 is 2.88 bits per heavy atom. The number of carbonyl (C=O) groups is 1. The Bertz CT molecular complexity index is 874. The number of likely N-dealkylation sites (tertiary alicyclic amines) is 1. The van der Waals surface area contributed by atoms with E-state index in [2.05, 4.69) is 10.1 Å². The van der Waals surface area contributed by atoms with E-state index < -0.39 is 12.2 Å². The number of nitrogens with zero attached hydrogens (tertiary/aromatic N) is 5. The van der Waals surface area contributed by atoms with Gasteiger partial charge in [0.25, 0.3) is 0 Å². The molecule has 0 saturated carbocycles. The summed E-state index contributed by atoms with van der Waals surface area (Å²) < 4.78 is 15.9. The first-order chi connectivity index (χ1) is 12.0. The zero-order valence-corrected chi connectivity index (χ0v) is 14.2. The summed E-state index contributed by atoms with van der Waals surface area (Å²) in [6.07, 6.45) is 4.18. The summed E-state index contributed by atoms with van der Waals surface area (Å²) in [4.78, 5) is 30.8. The van der Waals surface area contributed by atoms with Crippen molar-refractivity contribution in [2.24, 2.45) is 0 Å². The van der Waals surface area contributed by atoms with Crippen molar-refractivity contribution >= 4 is 17.5 Å². The van der Waals surface area contributed by atoms with E-state index in [4.69, 9.17) is 11.6 Å². The maximum Gasteiger partial charge on any atom is 0.346 e. The van der Waals surface area contributed by atoms with Gasteiger partial charge in [0.2, 0.25) is 5.91 Å². The van der Waals surface area contributed by atoms with Gasteiger partial charge in [-0.3, -0.25) is 14.3 Å². The largest absolute Gasteiger partial charge is 0.346 e. The van der Waals surface area contributed by atoms with Gasteiger partial charge in [0, 0.05) is 18.8 Å². The number of aryl methyl sites for hydroxylation is 1. The molecular weight excluding hydrogens is 349 g/mol. The van der Waals surface area contributed by atoms with Gasteiger partial charge in [-0.2, -0.15) is 5.10 Å². The molecule has 0 aromatic carbocycles. The molecule has 0 aliphatic carbocycles. The molecule has 132 valence electrons. The van der Waals surface area contributed by atoms with Crippen LogP contribution in [0.4, 0.5) is 4.39 Å². The molecule has 7 nitrogen and oxygen atoms in total. The van der Waals surface area contributed by atoms with Gasteiger partial charge in [0.05, 0.1) is 24.7 Å². The van der Waals surface area contributed by atoms with Crippen molar-refractivity contribution in [2.75, 3.05) is 13.1 Å². The van der Waals surface area contributed by atoms with Gasteiger partial charge in [0.15, 0.2) is 0 Å². The topological polar surface area (TPSA) is 73.0 Å². The smallest absolute Gasteiger partial charge is 0.335 e. The monoisotopic (exact) mass is 365 g/mol. The molecule has 0 unspecified atom stereocenters. The van der Waals surface area contributed by atoms with E-state index in [1.807, 2.05) is 0 Å². The Kier molecular flexibility index (Phi) is 4.07. The van der Waals surface area contributed by atoms with Gasteiger partial charge in [0.1, 0.15) is 18.0 Å². The summed E-state index contributed by atoms with van der Waals surface area (Å²) in [6.45, 7) is 0.465. The molecule has 2 aliphatic heterocycles. The Balaban J connectivity index is 1.63. The molecule has 1 fully saturated rings. The van der Waals surface area contributed by atoms with E-state index >= 15 is 0 Å². The number of hydrogen-bond acceptors (Lipinski definition) is 4. The minimum Gasteiger partial charge on any atom is -0.335 e. The highest BCUT2D eigenvalue weighted by Gasteiger charge is 2.38. The highest BCUT2D eigenvalue weighted by molar-refractivity contribution is 6.30. The van der Waals surface area contributed by atoms with Gasteiger partial charge in [-0.05, 0) is 24.5 Å². The Labute approximate surface area is 148 Å². The summed E-state index contributed by atoms with van der Waals surface area (Å²) in [5, 5.41) is 4.86. The number of fused-ring (bicyclic) bond motifs is 1. The lowest BCUT2D eigenvalue weighted by atomic mass is 10.0. The lowest BCUT2D eigenvalue weighted by molar-refractivity contribution is -0.142. The first-order valence-electron chi connectivity index (χ1n) is 8.23. The lowest BCUT2D eigenvalue weighted by Gasteiger charge is -2.37. The molecule has 0 N–H and O–H groups in total. The van der Waals surface area contributed by atoms with Crippen LogP contribution in [-0.2, 0) is 17.8 Å². The summed E-state index contributed by atoms with van der Waals surface area (Å²) in [7, 11) is 0. The minimum absolute atomic E-state index is 0.113. The molecule has 2 aliphatic rings. The van der Waals surface area contributed by atoms with E-state index in [1.54, 1.807) is 12.3 Å². The first kappa shape index (κ1) is 16.3. The zero-order chi connectivity index (χ0) is 17.6. The highest BCUT2D eigenvalue weighted by atomic mass is 35.5. The van der Waals surface area contributed by atoms with Crippen molar-refractivity contribution in [1.29, 1.82) is 0 Å². The van der Waals surface area contributed by atoms with E-state index in [-0.39, 0.29) is 31.2 Å². The SMILES string of the molecule is O=C([C@@H]1CCCc2nn(Cc3cncc(Cl)c3)c(=O)n21)N1CC(F)C1. The summed E-state index contributed by atoms with van der Waals surface area (Å²) in [5.74, 6) is 0.405. The average Bonchev–Trinajstić information content (AvgIpc) is 2.87. The number of aromatic nitrogens is 4. The van der Waals surface area contributed by atoms with Gasteiger partial charge in [-0.1, -0.05) is 11.6 Å². The number of alkyl halides is 1. The highest BCUT2D eigenvalue weighted by Crippen LogP contribution is 2.26. The van der Waals surface area contributed by atoms with E-state index in [0.717, 1.165) is 12.0 Å². The molecule has 4 heterocycles. The van der Waals surface area contributed by atoms with Crippen LogP contribution in [0.25, 0.3) is 0 Å². The van der Waals surface area contributed by atoms with Crippen molar-refractivity contribution in [3.05, 3.63) is 45.4 Å². The third kappa shape index (κ3) is 2.95. The Morgan fingerprint density at radius 2 is 2.16 bits per heavy atom. The van der Waals surface area contributed by atoms with Crippen LogP contribution in [0.5, 0.6) is 0 Å². The maximum atomic E-state index is 13.1. The third-order valence-corrected chi connectivity index (χ3v) is 4.86. The van der Waals surface area contributed by atoms with Crippen molar-refractivity contribution in [3.8, 4) is 0 Å². The fourth-order valence-corrected chi connectivity index (χ4v) is 3.60. The van der Waals surface area contributed by atoms with Crippen molar-refractivity contribution in [1.82, 2.24) is 24.2 Å². The van der Waals surface area contributed by atoms with Crippen LogP contribution < -0.4 is 5.69 Å². The first-order valence-corrected chi connectivity index (χ1v) is 8.61. The number of amides is 1. The van der Waals surface area contributed by atoms with Crippen LogP contribution in [0.3, 0.4) is 0 Å². The van der Waals surface area contributed by atoms with Crippen LogP contribution >= 0.6 is 11.6 Å². The maximum absolute atomic E-state index is 13.1. The molecule has 2 aromatic rings. The number of carbonyl (C=O) groups excluding carboxylic acids is 1. The number of halogens is 2. The van der Waals surface area contributed by atoms with Gasteiger partial charge in [-0.15, -0.1) is 0 Å². The molecule has 2 aromatic heterocycles. The Hall–Kier alpha value is -2.22. The van der Waals surface area contributed by atoms with Crippen molar-refractivity contribution < 1.29 is 9.18 Å². The molecule has 1 amide bonds. The number of hydrogen-bond donors (Lipinski definition) is 0. The fraction of sp³-hybridized carbons (Fsp3) is 0.500. The summed E-state index contributed by atoms with van der Waals surface area (Å²) in [5.41, 5.74) is 0.432. The summed E-state index contributed by atoms with van der Waals surface area (Å²) >= 11 is 5.93. The minimum atomic E-state index is -0.957. The second-order valence-corrected chi connectivity index (χ2v) is 6.92. The van der Waals surface area contributed by atoms with Crippen LogP contribution in [0, 0.1) is 0 Å². The standard InChI is InChI=1S/C16H17ClFN5O2/c17-11-4-10(5-19-6-11)7-22-16(25)23-13(2-1-3-14(23)20-22)15(24)21-8-12(18)9-21/h4-6,12-13H,1-3,7-9H2/t13-/m0/s1. The molecule has 0 spiro atoms. The molecule has 0 bridgehead atoms. The van der Waals surface area contributed by atoms with Gasteiger partial charge >= 0.3 is 5.69 Å². The van der Waals surface area contributed by atoms with E-state index in [1.165, 1.54) is 20.3 Å². The molecule has 1 saturated heterocycles. The predicted molar refractivity (Wildman–Crippen MR) is 88.3 cm³/mol. The van der Waals surface area contributed by atoms with Crippen molar-refractivity contribution in [3.63, 3.8) is 0 Å². The molecule has 4 rings (SSSR count). The molecule has 9 heteroatoms. The number of rotatable bonds is 3. The van der Waals surface area contributed by atoms with Crippen LogP contribution in [0.1, 0.15) is 30.3 Å². The predicted octanol–water partition coefficient (Wildman–Crippen LogP) is 1.20. The zero-order valence-electron chi connectivity index (χ0n) is 13.4. The second kappa shape index (κ2) is 6.25. The fourth-order valence-electron chi connectivity index (χ4n) is 3.40. The average molecular weight is 366 g/mol. The molecule has 25 heavy (non-hydrogen) atoms. The Morgan fingerprint density at radius 1 is 1.36 bits per heavy atom. The normalized spacial score (nSPS) is 20.2. The molecule has 1 atom stereocenters. The molecular formula is C16H17ClFN5O2. The van der Waals surface area contributed by atoms with Gasteiger partial charge < -0.3 is 4.90 Å². The number of pyridine rings is 1. The summed E-state index contributed by atoms with van der Waals surface area (Å²) in [6, 6.07) is 1.14. The van der Waals surface area contributed by atoms with E-state index in [9.17, 15) is 14.0 Å². The van der Waals surface area contributed by atoms with Crippen LogP contribution in [0.2, 0.25) is 5.02 Å². The van der Waals surface area contributed by atoms with Crippen LogP contribution in [-0.4, -0.2) is 49.4 Å². The van der Waals surface area contributed by atoms with Crippen molar-refractivity contribution in [2.45, 2.75) is 38.0 Å². The lowest BCUT2D eigenvalue weighted by Crippen LogP contribution is -2.54.